The third kappa shape index (κ3) is 3.34. The minimum Gasteiger partial charge on any atom is -0.481 e. The first kappa shape index (κ1) is 13.6. The van der Waals surface area contributed by atoms with E-state index in [1.807, 2.05) is 24.3 Å². The van der Waals surface area contributed by atoms with Crippen molar-refractivity contribution in [1.29, 1.82) is 0 Å². The Hall–Kier alpha value is -1.84. The summed E-state index contributed by atoms with van der Waals surface area (Å²) < 4.78 is 0. The lowest BCUT2D eigenvalue weighted by molar-refractivity contribution is -0.141. The zero-order valence-corrected chi connectivity index (χ0v) is 11.1. The number of hydrogen-bond acceptors (Lipinski definition) is 2. The van der Waals surface area contributed by atoms with E-state index in [1.54, 1.807) is 0 Å². The van der Waals surface area contributed by atoms with Gasteiger partial charge in [-0.3, -0.25) is 9.59 Å². The van der Waals surface area contributed by atoms with Crippen LogP contribution in [0.4, 0.5) is 5.69 Å². The number of carboxylic acid groups (broad SMARTS) is 1. The largest absolute Gasteiger partial charge is 0.481 e. The van der Waals surface area contributed by atoms with E-state index in [0.29, 0.717) is 19.3 Å². The number of aryl methyl sites for hydroxylation is 1. The van der Waals surface area contributed by atoms with E-state index in [1.165, 1.54) is 5.56 Å². The summed E-state index contributed by atoms with van der Waals surface area (Å²) in [5, 5.41) is 11.8. The lowest BCUT2D eigenvalue weighted by Gasteiger charge is -2.11. The average molecular weight is 261 g/mol. The molecule has 1 aromatic carbocycles. The number of carboxylic acids is 1. The molecule has 1 aliphatic rings. The third-order valence-corrected chi connectivity index (χ3v) is 3.78. The maximum absolute atomic E-state index is 12.0. The number of hydrogen-bond donors (Lipinski definition) is 2. The van der Waals surface area contributed by atoms with Gasteiger partial charge in [-0.2, -0.15) is 0 Å². The lowest BCUT2D eigenvalue weighted by atomic mass is 10.0. The van der Waals surface area contributed by atoms with Crippen molar-refractivity contribution in [2.45, 2.75) is 32.6 Å². The first-order chi connectivity index (χ1) is 9.10. The predicted octanol–water partition coefficient (Wildman–Crippen LogP) is 2.69. The van der Waals surface area contributed by atoms with E-state index in [0.717, 1.165) is 12.1 Å². The maximum atomic E-state index is 12.0. The minimum absolute atomic E-state index is 0.0620. The van der Waals surface area contributed by atoms with Crippen LogP contribution in [0, 0.1) is 11.8 Å². The average Bonchev–Trinajstić information content (AvgIpc) is 2.89. The molecule has 4 nitrogen and oxygen atoms in total. The van der Waals surface area contributed by atoms with Crippen LogP contribution in [-0.2, 0) is 16.0 Å². The summed E-state index contributed by atoms with van der Waals surface area (Å²) in [6.07, 6.45) is 2.68. The third-order valence-electron chi connectivity index (χ3n) is 3.78. The lowest BCUT2D eigenvalue weighted by Crippen LogP contribution is -2.21. The second-order valence-electron chi connectivity index (χ2n) is 5.08. The van der Waals surface area contributed by atoms with Crippen molar-refractivity contribution in [3.05, 3.63) is 29.8 Å². The highest BCUT2D eigenvalue weighted by molar-refractivity contribution is 5.93. The topological polar surface area (TPSA) is 66.4 Å². The molecule has 1 amide bonds. The molecule has 102 valence electrons. The second kappa shape index (κ2) is 5.87. The van der Waals surface area contributed by atoms with Crippen LogP contribution in [0.25, 0.3) is 0 Å². The zero-order chi connectivity index (χ0) is 13.8. The fourth-order valence-electron chi connectivity index (χ4n) is 2.51. The molecule has 0 bridgehead atoms. The van der Waals surface area contributed by atoms with Crippen LogP contribution in [0.3, 0.4) is 0 Å². The number of nitrogens with one attached hydrogen (secondary N) is 1. The van der Waals surface area contributed by atoms with Gasteiger partial charge in [0.1, 0.15) is 0 Å². The van der Waals surface area contributed by atoms with Crippen molar-refractivity contribution in [3.8, 4) is 0 Å². The Kier molecular flexibility index (Phi) is 4.20. The monoisotopic (exact) mass is 261 g/mol. The molecule has 0 saturated heterocycles. The van der Waals surface area contributed by atoms with Gasteiger partial charge in [-0.25, -0.2) is 0 Å². The van der Waals surface area contributed by atoms with Crippen LogP contribution in [0.15, 0.2) is 24.3 Å². The van der Waals surface area contributed by atoms with Crippen LogP contribution < -0.4 is 5.32 Å². The first-order valence-electron chi connectivity index (χ1n) is 6.72. The second-order valence-corrected chi connectivity index (χ2v) is 5.08. The van der Waals surface area contributed by atoms with E-state index < -0.39 is 5.97 Å². The van der Waals surface area contributed by atoms with Gasteiger partial charge in [0, 0.05) is 11.6 Å². The van der Waals surface area contributed by atoms with Gasteiger partial charge in [0.15, 0.2) is 0 Å². The molecule has 19 heavy (non-hydrogen) atoms. The molecule has 1 fully saturated rings. The zero-order valence-electron chi connectivity index (χ0n) is 11.1. The van der Waals surface area contributed by atoms with Crippen molar-refractivity contribution in [2.75, 3.05) is 5.32 Å². The Morgan fingerprint density at radius 1 is 1.21 bits per heavy atom. The van der Waals surface area contributed by atoms with Crippen LogP contribution in [0.5, 0.6) is 0 Å². The Morgan fingerprint density at radius 3 is 2.37 bits per heavy atom. The van der Waals surface area contributed by atoms with Crippen molar-refractivity contribution < 1.29 is 14.7 Å². The number of amides is 1. The summed E-state index contributed by atoms with van der Waals surface area (Å²) in [5.74, 6) is -1.39. The standard InChI is InChI=1S/C15H19NO3/c1-2-10-3-7-13(8-4-10)16-14(17)11-5-6-12(9-11)15(18)19/h3-4,7-8,11-12H,2,5-6,9H2,1H3,(H,16,17)(H,18,19)/t11-,12+/m1/s1. The molecule has 2 N–H and O–H groups in total. The Bertz CT molecular complexity index is 467. The molecule has 4 heteroatoms. The molecule has 0 spiro atoms. The Labute approximate surface area is 112 Å². The number of carbonyl (C=O) groups excluding carboxylic acids is 1. The van der Waals surface area contributed by atoms with Crippen molar-refractivity contribution in [1.82, 2.24) is 0 Å². The minimum atomic E-state index is -0.789. The molecule has 1 aliphatic carbocycles. The van der Waals surface area contributed by atoms with E-state index in [4.69, 9.17) is 5.11 Å². The highest BCUT2D eigenvalue weighted by Crippen LogP contribution is 2.31. The molecule has 0 heterocycles. The van der Waals surface area contributed by atoms with Crippen molar-refractivity contribution >= 4 is 17.6 Å². The molecule has 0 radical (unpaired) electrons. The smallest absolute Gasteiger partial charge is 0.306 e. The van der Waals surface area contributed by atoms with Gasteiger partial charge in [0.2, 0.25) is 5.91 Å². The molecule has 0 aromatic heterocycles. The summed E-state index contributed by atoms with van der Waals surface area (Å²) in [6, 6.07) is 7.76. The molecular formula is C15H19NO3. The molecule has 1 saturated carbocycles. The van der Waals surface area contributed by atoms with E-state index in [2.05, 4.69) is 12.2 Å². The summed E-state index contributed by atoms with van der Waals surface area (Å²) in [7, 11) is 0. The van der Waals surface area contributed by atoms with Gasteiger partial charge in [-0.15, -0.1) is 0 Å². The molecule has 1 aromatic rings. The molecule has 0 unspecified atom stereocenters. The van der Waals surface area contributed by atoms with Gasteiger partial charge in [-0.1, -0.05) is 19.1 Å². The SMILES string of the molecule is CCc1ccc(NC(=O)[C@@H]2CC[C@H](C(=O)O)C2)cc1. The predicted molar refractivity (Wildman–Crippen MR) is 72.9 cm³/mol. The fraction of sp³-hybridized carbons (Fsp3) is 0.467. The van der Waals surface area contributed by atoms with Crippen LogP contribution in [0.2, 0.25) is 0 Å². The molecule has 0 aliphatic heterocycles. The number of benzene rings is 1. The summed E-state index contributed by atoms with van der Waals surface area (Å²) in [6.45, 7) is 2.08. The van der Waals surface area contributed by atoms with Crippen LogP contribution in [0.1, 0.15) is 31.7 Å². The summed E-state index contributed by atoms with van der Waals surface area (Å²) in [4.78, 5) is 22.9. The normalized spacial score (nSPS) is 22.2. The summed E-state index contributed by atoms with van der Waals surface area (Å²) >= 11 is 0. The van der Waals surface area contributed by atoms with E-state index >= 15 is 0 Å². The van der Waals surface area contributed by atoms with Crippen LogP contribution in [-0.4, -0.2) is 17.0 Å². The molecular weight excluding hydrogens is 242 g/mol. The number of anilines is 1. The van der Waals surface area contributed by atoms with Crippen LogP contribution >= 0.6 is 0 Å². The van der Waals surface area contributed by atoms with E-state index in [-0.39, 0.29) is 17.7 Å². The van der Waals surface area contributed by atoms with E-state index in [9.17, 15) is 9.59 Å². The van der Waals surface area contributed by atoms with Crippen molar-refractivity contribution in [2.24, 2.45) is 11.8 Å². The first-order valence-corrected chi connectivity index (χ1v) is 6.72. The Morgan fingerprint density at radius 2 is 1.84 bits per heavy atom. The molecule has 2 atom stereocenters. The highest BCUT2D eigenvalue weighted by Gasteiger charge is 2.33. The molecule has 2 rings (SSSR count). The number of aliphatic carboxylic acids is 1. The Balaban J connectivity index is 1.92. The van der Waals surface area contributed by atoms with Gasteiger partial charge >= 0.3 is 5.97 Å². The number of rotatable bonds is 4. The van der Waals surface area contributed by atoms with Crippen molar-refractivity contribution in [3.63, 3.8) is 0 Å². The summed E-state index contributed by atoms with van der Waals surface area (Å²) in [5.41, 5.74) is 2.01. The van der Waals surface area contributed by atoms with Gasteiger partial charge in [0.05, 0.1) is 5.92 Å². The quantitative estimate of drug-likeness (QED) is 0.875. The fourth-order valence-corrected chi connectivity index (χ4v) is 2.51. The van der Waals surface area contributed by atoms with Gasteiger partial charge in [0.25, 0.3) is 0 Å². The van der Waals surface area contributed by atoms with Gasteiger partial charge < -0.3 is 10.4 Å². The maximum Gasteiger partial charge on any atom is 0.306 e. The number of carbonyl (C=O) groups is 2. The van der Waals surface area contributed by atoms with Gasteiger partial charge in [-0.05, 0) is 43.4 Å². The highest BCUT2D eigenvalue weighted by atomic mass is 16.4.